The normalized spacial score (nSPS) is 11.6. The van der Waals surface area contributed by atoms with Gasteiger partial charge in [0.05, 0.1) is 19.3 Å². The van der Waals surface area contributed by atoms with Crippen LogP contribution < -0.4 is 5.32 Å². The van der Waals surface area contributed by atoms with Crippen LogP contribution in [-0.4, -0.2) is 31.7 Å². The third-order valence-electron chi connectivity index (χ3n) is 2.79. The van der Waals surface area contributed by atoms with E-state index in [9.17, 15) is 9.59 Å². The third-order valence-corrected chi connectivity index (χ3v) is 2.79. The van der Waals surface area contributed by atoms with Crippen molar-refractivity contribution in [1.82, 2.24) is 0 Å². The lowest BCUT2D eigenvalue weighted by atomic mass is 10.1. The number of ether oxygens (including phenoxy) is 2. The van der Waals surface area contributed by atoms with Crippen LogP contribution in [0.3, 0.4) is 0 Å². The number of nitrogens with one attached hydrogen (secondary N) is 1. The largest absolute Gasteiger partial charge is 0.467 e. The van der Waals surface area contributed by atoms with Gasteiger partial charge in [0.15, 0.2) is 0 Å². The fraction of sp³-hybridized carbons (Fsp3) is 0.467. The van der Waals surface area contributed by atoms with Crippen molar-refractivity contribution in [1.29, 1.82) is 0 Å². The molecule has 1 aromatic carbocycles. The van der Waals surface area contributed by atoms with E-state index in [1.165, 1.54) is 7.11 Å². The van der Waals surface area contributed by atoms with Crippen molar-refractivity contribution in [2.75, 3.05) is 19.0 Å². The van der Waals surface area contributed by atoms with Crippen LogP contribution in [0.5, 0.6) is 0 Å². The molecule has 5 nitrogen and oxygen atoms in total. The summed E-state index contributed by atoms with van der Waals surface area (Å²) in [5.41, 5.74) is 1.25. The first-order valence-corrected chi connectivity index (χ1v) is 6.73. The third kappa shape index (κ3) is 4.57. The van der Waals surface area contributed by atoms with Crippen molar-refractivity contribution in [3.05, 3.63) is 29.8 Å². The average Bonchev–Trinajstić information content (AvgIpc) is 2.50. The maximum absolute atomic E-state index is 11.6. The minimum Gasteiger partial charge on any atom is -0.467 e. The Hall–Kier alpha value is -2.04. The Bertz CT molecular complexity index is 442. The van der Waals surface area contributed by atoms with Crippen LogP contribution in [0.2, 0.25) is 0 Å². The van der Waals surface area contributed by atoms with Gasteiger partial charge in [-0.3, -0.25) is 0 Å². The Morgan fingerprint density at radius 1 is 1.20 bits per heavy atom. The lowest BCUT2D eigenvalue weighted by Crippen LogP contribution is -2.29. The number of rotatable bonds is 7. The first-order chi connectivity index (χ1) is 9.62. The van der Waals surface area contributed by atoms with E-state index in [2.05, 4.69) is 5.32 Å². The van der Waals surface area contributed by atoms with Gasteiger partial charge in [0.1, 0.15) is 6.04 Å². The molecular weight excluding hydrogens is 258 g/mol. The van der Waals surface area contributed by atoms with Crippen molar-refractivity contribution in [3.63, 3.8) is 0 Å². The van der Waals surface area contributed by atoms with Crippen molar-refractivity contribution < 1.29 is 19.1 Å². The smallest absolute Gasteiger partial charge is 0.338 e. The molecule has 0 aromatic heterocycles. The van der Waals surface area contributed by atoms with E-state index < -0.39 is 6.04 Å². The summed E-state index contributed by atoms with van der Waals surface area (Å²) in [6.07, 6.45) is 1.41. The lowest BCUT2D eigenvalue weighted by Gasteiger charge is -2.15. The molecule has 5 heteroatoms. The Labute approximate surface area is 119 Å². The van der Waals surface area contributed by atoms with Gasteiger partial charge in [-0.15, -0.1) is 0 Å². The molecule has 0 spiro atoms. The zero-order valence-electron chi connectivity index (χ0n) is 12.1. The first-order valence-electron chi connectivity index (χ1n) is 6.73. The fourth-order valence-corrected chi connectivity index (χ4v) is 1.65. The highest BCUT2D eigenvalue weighted by Gasteiger charge is 2.16. The molecule has 0 fully saturated rings. The monoisotopic (exact) mass is 279 g/mol. The number of hydrogen-bond donors (Lipinski definition) is 1. The van der Waals surface area contributed by atoms with Crippen LogP contribution >= 0.6 is 0 Å². The van der Waals surface area contributed by atoms with Crippen molar-refractivity contribution in [2.45, 2.75) is 32.7 Å². The highest BCUT2D eigenvalue weighted by atomic mass is 16.5. The van der Waals surface area contributed by atoms with E-state index in [0.29, 0.717) is 18.6 Å². The molecule has 20 heavy (non-hydrogen) atoms. The van der Waals surface area contributed by atoms with Crippen LogP contribution in [0, 0.1) is 0 Å². The van der Waals surface area contributed by atoms with Gasteiger partial charge in [0.25, 0.3) is 0 Å². The molecule has 0 aliphatic heterocycles. The summed E-state index contributed by atoms with van der Waals surface area (Å²) < 4.78 is 9.75. The molecule has 0 bridgehead atoms. The van der Waals surface area contributed by atoms with Crippen molar-refractivity contribution in [2.24, 2.45) is 0 Å². The topological polar surface area (TPSA) is 64.6 Å². The summed E-state index contributed by atoms with van der Waals surface area (Å²) >= 11 is 0. The number of methoxy groups -OCH3 is 1. The summed E-state index contributed by atoms with van der Waals surface area (Å²) in [5.74, 6) is -0.641. The van der Waals surface area contributed by atoms with Crippen molar-refractivity contribution in [3.8, 4) is 0 Å². The first kappa shape index (κ1) is 16.0. The van der Waals surface area contributed by atoms with Gasteiger partial charge >= 0.3 is 11.9 Å². The molecule has 0 saturated heterocycles. The standard InChI is InChI=1S/C15H21NO4/c1-4-10-20-14(17)11-6-8-12(9-7-11)16-13(5-2)15(18)19-3/h6-9,13,16H,4-5,10H2,1-3H3. The van der Waals surface area contributed by atoms with Gasteiger partial charge in [0.2, 0.25) is 0 Å². The average molecular weight is 279 g/mol. The molecule has 0 saturated carbocycles. The predicted octanol–water partition coefficient (Wildman–Crippen LogP) is 2.62. The molecule has 1 N–H and O–H groups in total. The van der Waals surface area contributed by atoms with Crippen LogP contribution in [-0.2, 0) is 14.3 Å². The molecular formula is C15H21NO4. The Morgan fingerprint density at radius 2 is 1.85 bits per heavy atom. The predicted molar refractivity (Wildman–Crippen MR) is 76.7 cm³/mol. The van der Waals surface area contributed by atoms with Gasteiger partial charge in [-0.1, -0.05) is 13.8 Å². The Kier molecular flexibility index (Phi) is 6.56. The number of esters is 2. The highest BCUT2D eigenvalue weighted by molar-refractivity contribution is 5.90. The molecule has 0 aliphatic rings. The molecule has 0 aliphatic carbocycles. The van der Waals surface area contributed by atoms with E-state index in [-0.39, 0.29) is 11.9 Å². The molecule has 1 unspecified atom stereocenters. The van der Waals surface area contributed by atoms with Gasteiger partial charge < -0.3 is 14.8 Å². The summed E-state index contributed by atoms with van der Waals surface area (Å²) in [4.78, 5) is 23.1. The number of carbonyl (C=O) groups excluding carboxylic acids is 2. The van der Waals surface area contributed by atoms with Crippen LogP contribution in [0.1, 0.15) is 37.0 Å². The summed E-state index contributed by atoms with van der Waals surface area (Å²) in [6.45, 7) is 4.25. The Morgan fingerprint density at radius 3 is 2.35 bits per heavy atom. The van der Waals surface area contributed by atoms with E-state index in [0.717, 1.165) is 12.1 Å². The van der Waals surface area contributed by atoms with Crippen LogP contribution in [0.4, 0.5) is 5.69 Å². The molecule has 110 valence electrons. The van der Waals surface area contributed by atoms with E-state index in [1.807, 2.05) is 13.8 Å². The number of hydrogen-bond acceptors (Lipinski definition) is 5. The fourth-order valence-electron chi connectivity index (χ4n) is 1.65. The van der Waals surface area contributed by atoms with E-state index >= 15 is 0 Å². The number of carbonyl (C=O) groups is 2. The summed E-state index contributed by atoms with van der Waals surface area (Å²) in [5, 5.41) is 3.06. The Balaban J connectivity index is 2.66. The molecule has 0 radical (unpaired) electrons. The van der Waals surface area contributed by atoms with Crippen LogP contribution in [0.25, 0.3) is 0 Å². The minimum atomic E-state index is -0.391. The maximum atomic E-state index is 11.6. The second-order valence-electron chi connectivity index (χ2n) is 4.34. The molecule has 1 aromatic rings. The second kappa shape index (κ2) is 8.19. The second-order valence-corrected chi connectivity index (χ2v) is 4.34. The quantitative estimate of drug-likeness (QED) is 0.777. The van der Waals surface area contributed by atoms with Gasteiger partial charge in [-0.2, -0.15) is 0 Å². The summed E-state index contributed by atoms with van der Waals surface area (Å²) in [7, 11) is 1.36. The van der Waals surface area contributed by atoms with Gasteiger partial charge in [-0.25, -0.2) is 9.59 Å². The van der Waals surface area contributed by atoms with E-state index in [4.69, 9.17) is 9.47 Å². The van der Waals surface area contributed by atoms with Gasteiger partial charge in [-0.05, 0) is 37.1 Å². The SMILES string of the molecule is CCCOC(=O)c1ccc(NC(CC)C(=O)OC)cc1. The maximum Gasteiger partial charge on any atom is 0.338 e. The van der Waals surface area contributed by atoms with E-state index in [1.54, 1.807) is 24.3 Å². The zero-order chi connectivity index (χ0) is 15.0. The summed E-state index contributed by atoms with van der Waals surface area (Å²) in [6, 6.07) is 6.44. The van der Waals surface area contributed by atoms with Crippen LogP contribution in [0.15, 0.2) is 24.3 Å². The zero-order valence-corrected chi connectivity index (χ0v) is 12.1. The lowest BCUT2D eigenvalue weighted by molar-refractivity contribution is -0.141. The molecule has 1 atom stereocenters. The highest BCUT2D eigenvalue weighted by Crippen LogP contribution is 2.13. The number of benzene rings is 1. The number of anilines is 1. The van der Waals surface area contributed by atoms with Gasteiger partial charge in [0, 0.05) is 5.69 Å². The molecule has 1 rings (SSSR count). The minimum absolute atomic E-state index is 0.307. The molecule has 0 amide bonds. The molecule has 0 heterocycles. The van der Waals surface area contributed by atoms with Crippen molar-refractivity contribution >= 4 is 17.6 Å².